The van der Waals surface area contributed by atoms with Crippen LogP contribution in [-0.4, -0.2) is 22.5 Å². The van der Waals surface area contributed by atoms with Crippen molar-refractivity contribution in [2.75, 3.05) is 0 Å². The Bertz CT molecular complexity index is 743. The molecule has 2 aromatic rings. The summed E-state index contributed by atoms with van der Waals surface area (Å²) in [5.74, 6) is -0.441. The van der Waals surface area contributed by atoms with Gasteiger partial charge in [-0.15, -0.1) is 0 Å². The first-order valence-corrected chi connectivity index (χ1v) is 6.77. The van der Waals surface area contributed by atoms with Gasteiger partial charge in [0.2, 0.25) is 5.91 Å². The fourth-order valence-electron chi connectivity index (χ4n) is 2.73. The molecule has 0 aliphatic heterocycles. The zero-order valence-electron chi connectivity index (χ0n) is 11.6. The van der Waals surface area contributed by atoms with E-state index in [1.807, 2.05) is 0 Å². The molecule has 1 fully saturated rings. The summed E-state index contributed by atoms with van der Waals surface area (Å²) < 4.78 is 5.51. The summed E-state index contributed by atoms with van der Waals surface area (Å²) in [6, 6.07) is 4.56. The number of aromatic hydroxyl groups is 1. The Kier molecular flexibility index (Phi) is 2.90. The molecule has 1 aromatic heterocycles. The first kappa shape index (κ1) is 13.5. The number of carbonyl (C=O) groups is 2. The van der Waals surface area contributed by atoms with Crippen LogP contribution in [0.3, 0.4) is 0 Å². The molecule has 0 saturated heterocycles. The molecule has 6 nitrogen and oxygen atoms in total. The molecule has 1 aliphatic rings. The highest BCUT2D eigenvalue weighted by Crippen LogP contribution is 2.33. The van der Waals surface area contributed by atoms with Crippen LogP contribution in [0.4, 0.5) is 0 Å². The Balaban J connectivity index is 2.00. The molecule has 6 heteroatoms. The molecule has 110 valence electrons. The zero-order chi connectivity index (χ0) is 15.2. The summed E-state index contributed by atoms with van der Waals surface area (Å²) in [4.78, 5) is 24.1. The average Bonchev–Trinajstić information content (AvgIpc) is 2.68. The normalized spacial score (nSPS) is 16.4. The van der Waals surface area contributed by atoms with Crippen molar-refractivity contribution >= 4 is 22.8 Å². The van der Waals surface area contributed by atoms with Gasteiger partial charge in [0.05, 0.1) is 5.56 Å². The van der Waals surface area contributed by atoms with E-state index in [0.29, 0.717) is 35.1 Å². The maximum Gasteiger partial charge on any atom is 0.256 e. The van der Waals surface area contributed by atoms with E-state index < -0.39 is 17.4 Å². The summed E-state index contributed by atoms with van der Waals surface area (Å²) in [6.07, 6.45) is 1.96. The van der Waals surface area contributed by atoms with Crippen LogP contribution < -0.4 is 11.1 Å². The Morgan fingerprint density at radius 2 is 2.10 bits per heavy atom. The summed E-state index contributed by atoms with van der Waals surface area (Å²) in [7, 11) is 0. The number of hydrogen-bond donors (Lipinski definition) is 3. The molecule has 0 unspecified atom stereocenters. The second-order valence-corrected chi connectivity index (χ2v) is 5.47. The van der Waals surface area contributed by atoms with Crippen molar-refractivity contribution in [3.63, 3.8) is 0 Å². The number of aryl methyl sites for hydroxylation is 1. The number of fused-ring (bicyclic) bond motifs is 1. The van der Waals surface area contributed by atoms with Gasteiger partial charge in [0.1, 0.15) is 22.6 Å². The van der Waals surface area contributed by atoms with Crippen LogP contribution in [0.5, 0.6) is 5.75 Å². The monoisotopic (exact) mass is 288 g/mol. The summed E-state index contributed by atoms with van der Waals surface area (Å²) in [5, 5.41) is 12.8. The van der Waals surface area contributed by atoms with Gasteiger partial charge in [-0.05, 0) is 44.4 Å². The van der Waals surface area contributed by atoms with E-state index >= 15 is 0 Å². The number of benzene rings is 1. The molecule has 0 atom stereocenters. The second-order valence-electron chi connectivity index (χ2n) is 5.47. The fourth-order valence-corrected chi connectivity index (χ4v) is 2.73. The van der Waals surface area contributed by atoms with Crippen molar-refractivity contribution in [3.05, 3.63) is 29.5 Å². The van der Waals surface area contributed by atoms with Crippen LogP contribution in [0.1, 0.15) is 35.4 Å². The molecule has 0 radical (unpaired) electrons. The lowest BCUT2D eigenvalue weighted by atomic mass is 9.76. The highest BCUT2D eigenvalue weighted by molar-refractivity contribution is 6.09. The smallest absolute Gasteiger partial charge is 0.256 e. The minimum absolute atomic E-state index is 0.0469. The number of phenols is 1. The van der Waals surface area contributed by atoms with Crippen LogP contribution in [-0.2, 0) is 4.79 Å². The second kappa shape index (κ2) is 4.51. The number of phenolic OH excluding ortho intramolecular Hbond substituents is 1. The molecule has 3 rings (SSSR count). The van der Waals surface area contributed by atoms with Gasteiger partial charge in [0.25, 0.3) is 5.91 Å². The lowest BCUT2D eigenvalue weighted by Gasteiger charge is -2.39. The summed E-state index contributed by atoms with van der Waals surface area (Å²) in [6.45, 7) is 1.67. The third-order valence-corrected chi connectivity index (χ3v) is 4.11. The molecule has 1 aliphatic carbocycles. The predicted molar refractivity (Wildman–Crippen MR) is 75.9 cm³/mol. The minimum Gasteiger partial charge on any atom is -0.508 e. The zero-order valence-corrected chi connectivity index (χ0v) is 11.6. The highest BCUT2D eigenvalue weighted by Gasteiger charge is 2.44. The van der Waals surface area contributed by atoms with E-state index in [-0.39, 0.29) is 5.75 Å². The standard InChI is InChI=1S/C15H16N2O4/c1-8-12(10-7-9(18)3-4-11(10)21-8)13(19)17-15(14(16)20)5-2-6-15/h3-4,7,18H,2,5-6H2,1H3,(H2,16,20)(H,17,19). The van der Waals surface area contributed by atoms with E-state index in [1.54, 1.807) is 13.0 Å². The SMILES string of the molecule is Cc1oc2ccc(O)cc2c1C(=O)NC1(C(N)=O)CCC1. The number of furan rings is 1. The van der Waals surface area contributed by atoms with Crippen LogP contribution in [0.15, 0.2) is 22.6 Å². The number of primary amides is 1. The highest BCUT2D eigenvalue weighted by atomic mass is 16.3. The van der Waals surface area contributed by atoms with Gasteiger partial charge in [0, 0.05) is 5.39 Å². The van der Waals surface area contributed by atoms with Crippen molar-refractivity contribution < 1.29 is 19.1 Å². The van der Waals surface area contributed by atoms with E-state index in [4.69, 9.17) is 10.2 Å². The maximum atomic E-state index is 12.5. The molecule has 21 heavy (non-hydrogen) atoms. The Morgan fingerprint density at radius 3 is 2.67 bits per heavy atom. The van der Waals surface area contributed by atoms with E-state index in [2.05, 4.69) is 5.32 Å². The predicted octanol–water partition coefficient (Wildman–Crippen LogP) is 1.58. The third kappa shape index (κ3) is 2.03. The van der Waals surface area contributed by atoms with Gasteiger partial charge in [-0.3, -0.25) is 9.59 Å². The lowest BCUT2D eigenvalue weighted by Crippen LogP contribution is -2.61. The molecule has 0 bridgehead atoms. The van der Waals surface area contributed by atoms with Gasteiger partial charge in [-0.1, -0.05) is 0 Å². The number of hydrogen-bond acceptors (Lipinski definition) is 4. The molecule has 1 heterocycles. The summed E-state index contributed by atoms with van der Waals surface area (Å²) in [5.41, 5.74) is 5.28. The number of nitrogens with two attached hydrogens (primary N) is 1. The van der Waals surface area contributed by atoms with Crippen LogP contribution >= 0.6 is 0 Å². The van der Waals surface area contributed by atoms with Crippen molar-refractivity contribution in [3.8, 4) is 5.75 Å². The maximum absolute atomic E-state index is 12.5. The quantitative estimate of drug-likeness (QED) is 0.797. The van der Waals surface area contributed by atoms with Gasteiger partial charge in [-0.25, -0.2) is 0 Å². The van der Waals surface area contributed by atoms with Gasteiger partial charge in [0.15, 0.2) is 0 Å². The fraction of sp³-hybridized carbons (Fsp3) is 0.333. The first-order chi connectivity index (χ1) is 9.93. The lowest BCUT2D eigenvalue weighted by molar-refractivity contribution is -0.127. The first-order valence-electron chi connectivity index (χ1n) is 6.77. The van der Waals surface area contributed by atoms with Crippen molar-refractivity contribution in [1.82, 2.24) is 5.32 Å². The minimum atomic E-state index is -0.954. The molecular weight excluding hydrogens is 272 g/mol. The molecule has 1 saturated carbocycles. The van der Waals surface area contributed by atoms with Crippen molar-refractivity contribution in [2.45, 2.75) is 31.7 Å². The number of carbonyl (C=O) groups excluding carboxylic acids is 2. The van der Waals surface area contributed by atoms with Crippen molar-refractivity contribution in [2.24, 2.45) is 5.73 Å². The van der Waals surface area contributed by atoms with E-state index in [0.717, 1.165) is 6.42 Å². The third-order valence-electron chi connectivity index (χ3n) is 4.11. The molecular formula is C15H16N2O4. The Morgan fingerprint density at radius 1 is 1.38 bits per heavy atom. The molecule has 1 aromatic carbocycles. The van der Waals surface area contributed by atoms with E-state index in [9.17, 15) is 14.7 Å². The van der Waals surface area contributed by atoms with Gasteiger partial charge >= 0.3 is 0 Å². The van der Waals surface area contributed by atoms with E-state index in [1.165, 1.54) is 12.1 Å². The van der Waals surface area contributed by atoms with Gasteiger partial charge < -0.3 is 20.6 Å². The van der Waals surface area contributed by atoms with Crippen molar-refractivity contribution in [1.29, 1.82) is 0 Å². The van der Waals surface area contributed by atoms with Crippen LogP contribution in [0.2, 0.25) is 0 Å². The topological polar surface area (TPSA) is 106 Å². The average molecular weight is 288 g/mol. The molecule has 4 N–H and O–H groups in total. The van der Waals surface area contributed by atoms with Gasteiger partial charge in [-0.2, -0.15) is 0 Å². The molecule has 2 amide bonds. The number of nitrogens with one attached hydrogen (secondary N) is 1. The number of rotatable bonds is 3. The Labute approximate surface area is 120 Å². The van der Waals surface area contributed by atoms with Crippen LogP contribution in [0.25, 0.3) is 11.0 Å². The number of amides is 2. The largest absolute Gasteiger partial charge is 0.508 e. The van der Waals surface area contributed by atoms with Crippen LogP contribution in [0, 0.1) is 6.92 Å². The molecule has 0 spiro atoms. The summed E-state index contributed by atoms with van der Waals surface area (Å²) >= 11 is 0. The Hall–Kier alpha value is -2.50.